The molecule has 0 aromatic carbocycles. The van der Waals surface area contributed by atoms with Crippen LogP contribution in [0, 0.1) is 0 Å². The fourth-order valence-corrected chi connectivity index (χ4v) is 2.14. The first-order valence-corrected chi connectivity index (χ1v) is 6.96. The molecule has 1 aromatic rings. The highest BCUT2D eigenvalue weighted by Crippen LogP contribution is 2.32. The van der Waals surface area contributed by atoms with Crippen LogP contribution in [0.15, 0.2) is 29.2 Å². The maximum atomic E-state index is 11.8. The summed E-state index contributed by atoms with van der Waals surface area (Å²) in [5.41, 5.74) is 5.12. The molecule has 0 saturated carbocycles. The third-order valence-electron chi connectivity index (χ3n) is 3.32. The molecule has 8 heteroatoms. The first-order chi connectivity index (χ1) is 10.4. The van der Waals surface area contributed by atoms with E-state index < -0.39 is 24.1 Å². The van der Waals surface area contributed by atoms with Gasteiger partial charge in [0.25, 0.3) is 0 Å². The fourth-order valence-electron chi connectivity index (χ4n) is 2.14. The van der Waals surface area contributed by atoms with E-state index in [0.29, 0.717) is 18.4 Å². The first kappa shape index (κ1) is 16.2. The lowest BCUT2D eigenvalue weighted by atomic mass is 10.1. The summed E-state index contributed by atoms with van der Waals surface area (Å²) >= 11 is 0. The minimum Gasteiger partial charge on any atom is -0.463 e. The van der Waals surface area contributed by atoms with Gasteiger partial charge in [-0.25, -0.2) is 4.79 Å². The zero-order valence-electron chi connectivity index (χ0n) is 12.3. The fraction of sp³-hybridized carbons (Fsp3) is 0.500. The van der Waals surface area contributed by atoms with Crippen molar-refractivity contribution in [1.29, 1.82) is 0 Å². The number of nitrogen functional groups attached to an aromatic ring is 1. The van der Waals surface area contributed by atoms with E-state index in [9.17, 15) is 14.7 Å². The molecule has 0 spiro atoms. The average Bonchev–Trinajstić information content (AvgIpc) is 2.74. The van der Waals surface area contributed by atoms with Crippen LogP contribution >= 0.6 is 0 Å². The monoisotopic (exact) mass is 309 g/mol. The van der Waals surface area contributed by atoms with Crippen molar-refractivity contribution in [3.05, 3.63) is 34.9 Å². The summed E-state index contributed by atoms with van der Waals surface area (Å²) in [6, 6.07) is 1.44. The number of anilines is 1. The number of rotatable bonds is 5. The highest BCUT2D eigenvalue weighted by Gasteiger charge is 2.39. The average molecular weight is 309 g/mol. The highest BCUT2D eigenvalue weighted by atomic mass is 16.6. The summed E-state index contributed by atoms with van der Waals surface area (Å²) < 4.78 is 11.8. The van der Waals surface area contributed by atoms with E-state index in [2.05, 4.69) is 11.6 Å². The largest absolute Gasteiger partial charge is 0.463 e. The molecule has 120 valence electrons. The number of nitrogens with two attached hydrogens (primary N) is 1. The number of aromatic nitrogens is 2. The molecule has 1 saturated heterocycles. The molecule has 0 unspecified atom stereocenters. The molecule has 0 amide bonds. The van der Waals surface area contributed by atoms with Crippen LogP contribution in [0.3, 0.4) is 0 Å². The standard InChI is InChI=1S/C14H19N3O5/c1-3-4-11(18)21-7-9-12(19)8(2)13(22-9)17-6-5-10(15)16-14(17)20/h5-6,9,12-13,19H,2-4,7H2,1H3,(H2,15,16,20)/t9-,12+,13-/m1/s1. The van der Waals surface area contributed by atoms with E-state index in [0.717, 1.165) is 0 Å². The quantitative estimate of drug-likeness (QED) is 0.580. The van der Waals surface area contributed by atoms with Crippen molar-refractivity contribution in [1.82, 2.24) is 9.55 Å². The van der Waals surface area contributed by atoms with Crippen molar-refractivity contribution in [2.75, 3.05) is 12.3 Å². The van der Waals surface area contributed by atoms with E-state index in [1.54, 1.807) is 0 Å². The summed E-state index contributed by atoms with van der Waals surface area (Å²) in [6.07, 6.45) is -0.292. The van der Waals surface area contributed by atoms with Crippen LogP contribution in [-0.2, 0) is 14.3 Å². The predicted molar refractivity (Wildman–Crippen MR) is 77.8 cm³/mol. The second-order valence-electron chi connectivity index (χ2n) is 5.02. The van der Waals surface area contributed by atoms with Crippen molar-refractivity contribution in [3.63, 3.8) is 0 Å². The van der Waals surface area contributed by atoms with Gasteiger partial charge in [-0.2, -0.15) is 4.98 Å². The van der Waals surface area contributed by atoms with Gasteiger partial charge in [-0.1, -0.05) is 13.5 Å². The second kappa shape index (κ2) is 6.71. The molecular formula is C14H19N3O5. The normalized spacial score (nSPS) is 24.5. The first-order valence-electron chi connectivity index (χ1n) is 6.96. The molecule has 3 atom stereocenters. The Hall–Kier alpha value is -2.19. The Morgan fingerprint density at radius 3 is 3.00 bits per heavy atom. The number of carbonyl (C=O) groups excluding carboxylic acids is 1. The molecular weight excluding hydrogens is 290 g/mol. The maximum absolute atomic E-state index is 11.8. The Morgan fingerprint density at radius 1 is 1.64 bits per heavy atom. The van der Waals surface area contributed by atoms with E-state index in [-0.39, 0.29) is 18.4 Å². The Balaban J connectivity index is 2.08. The van der Waals surface area contributed by atoms with Gasteiger partial charge in [-0.15, -0.1) is 0 Å². The summed E-state index contributed by atoms with van der Waals surface area (Å²) in [7, 11) is 0. The Bertz CT molecular complexity index is 627. The lowest BCUT2D eigenvalue weighted by molar-refractivity contribution is -0.150. The van der Waals surface area contributed by atoms with Crippen molar-refractivity contribution in [2.45, 2.75) is 38.2 Å². The molecule has 1 fully saturated rings. The molecule has 1 aliphatic heterocycles. The maximum Gasteiger partial charge on any atom is 0.351 e. The third kappa shape index (κ3) is 3.34. The smallest absolute Gasteiger partial charge is 0.351 e. The van der Waals surface area contributed by atoms with E-state index in [1.165, 1.54) is 16.8 Å². The molecule has 0 bridgehead atoms. The molecule has 22 heavy (non-hydrogen) atoms. The molecule has 0 radical (unpaired) electrons. The number of aliphatic hydroxyl groups is 1. The van der Waals surface area contributed by atoms with Crippen LogP contribution in [0.1, 0.15) is 26.0 Å². The molecule has 1 aromatic heterocycles. The minimum absolute atomic E-state index is 0.0930. The van der Waals surface area contributed by atoms with Crippen molar-refractivity contribution >= 4 is 11.8 Å². The Kier molecular flexibility index (Phi) is 4.94. The SMILES string of the molecule is C=C1[C@H](n2ccc(N)nc2=O)O[C@H](COC(=O)CCC)[C@H]1O. The highest BCUT2D eigenvalue weighted by molar-refractivity contribution is 5.69. The van der Waals surface area contributed by atoms with Crippen LogP contribution in [0.4, 0.5) is 5.82 Å². The minimum atomic E-state index is -1.04. The topological polar surface area (TPSA) is 117 Å². The van der Waals surface area contributed by atoms with Gasteiger partial charge in [0, 0.05) is 18.2 Å². The Morgan fingerprint density at radius 2 is 2.36 bits per heavy atom. The molecule has 8 nitrogen and oxygen atoms in total. The lowest BCUT2D eigenvalue weighted by Gasteiger charge is -2.15. The molecule has 2 heterocycles. The van der Waals surface area contributed by atoms with E-state index in [4.69, 9.17) is 15.2 Å². The molecule has 2 rings (SSSR count). The number of hydrogen-bond donors (Lipinski definition) is 2. The van der Waals surface area contributed by atoms with Gasteiger partial charge in [0.1, 0.15) is 24.6 Å². The van der Waals surface area contributed by atoms with Crippen LogP contribution in [0.5, 0.6) is 0 Å². The van der Waals surface area contributed by atoms with Gasteiger partial charge in [-0.3, -0.25) is 9.36 Å². The summed E-state index contributed by atoms with van der Waals surface area (Å²) in [4.78, 5) is 26.8. The van der Waals surface area contributed by atoms with Crippen molar-refractivity contribution in [2.24, 2.45) is 0 Å². The zero-order valence-corrected chi connectivity index (χ0v) is 12.3. The molecule has 1 aliphatic rings. The van der Waals surface area contributed by atoms with Crippen molar-refractivity contribution < 1.29 is 19.4 Å². The van der Waals surface area contributed by atoms with E-state index >= 15 is 0 Å². The lowest BCUT2D eigenvalue weighted by Crippen LogP contribution is -2.29. The van der Waals surface area contributed by atoms with Gasteiger partial charge >= 0.3 is 11.7 Å². The predicted octanol–water partition coefficient (Wildman–Crippen LogP) is -0.0167. The van der Waals surface area contributed by atoms with Gasteiger partial charge in [0.05, 0.1) is 0 Å². The second-order valence-corrected chi connectivity index (χ2v) is 5.02. The number of ether oxygens (including phenoxy) is 2. The van der Waals surface area contributed by atoms with Crippen molar-refractivity contribution in [3.8, 4) is 0 Å². The number of hydrogen-bond acceptors (Lipinski definition) is 7. The number of esters is 1. The van der Waals surface area contributed by atoms with Gasteiger partial charge in [-0.05, 0) is 12.5 Å². The Labute approximate surface area is 127 Å². The third-order valence-corrected chi connectivity index (χ3v) is 3.32. The number of nitrogens with zero attached hydrogens (tertiary/aromatic N) is 2. The van der Waals surface area contributed by atoms with Crippen LogP contribution < -0.4 is 11.4 Å². The summed E-state index contributed by atoms with van der Waals surface area (Å²) in [6.45, 7) is 5.49. The van der Waals surface area contributed by atoms with E-state index in [1.807, 2.05) is 6.92 Å². The van der Waals surface area contributed by atoms with Gasteiger partial charge < -0.3 is 20.3 Å². The van der Waals surface area contributed by atoms with Crippen LogP contribution in [-0.4, -0.2) is 39.4 Å². The molecule has 0 aliphatic carbocycles. The zero-order chi connectivity index (χ0) is 16.3. The van der Waals surface area contributed by atoms with Gasteiger partial charge in [0.2, 0.25) is 0 Å². The van der Waals surface area contributed by atoms with Crippen LogP contribution in [0.25, 0.3) is 0 Å². The van der Waals surface area contributed by atoms with Crippen LogP contribution in [0.2, 0.25) is 0 Å². The number of carbonyl (C=O) groups is 1. The summed E-state index contributed by atoms with van der Waals surface area (Å²) in [5.74, 6) is -0.269. The summed E-state index contributed by atoms with van der Waals surface area (Å²) in [5, 5.41) is 10.1. The number of aliphatic hydroxyl groups excluding tert-OH is 1. The molecule has 3 N–H and O–H groups in total. The van der Waals surface area contributed by atoms with Gasteiger partial charge in [0.15, 0.2) is 6.23 Å².